The summed E-state index contributed by atoms with van der Waals surface area (Å²) in [5.74, 6) is 2.05. The molecule has 2 aromatic carbocycles. The molecule has 0 saturated heterocycles. The molecular weight excluding hydrogens is 497 g/mol. The van der Waals surface area contributed by atoms with Gasteiger partial charge in [-0.05, 0) is 97.0 Å². The van der Waals surface area contributed by atoms with Gasteiger partial charge in [-0.15, -0.1) is 0 Å². The Kier molecular flexibility index (Phi) is 10.7. The summed E-state index contributed by atoms with van der Waals surface area (Å²) in [5.41, 5.74) is 14.6. The van der Waals surface area contributed by atoms with Crippen LogP contribution in [0, 0.1) is 13.8 Å². The van der Waals surface area contributed by atoms with Gasteiger partial charge >= 0.3 is 0 Å². The second kappa shape index (κ2) is 13.4. The Labute approximate surface area is 213 Å². The predicted octanol–water partition coefficient (Wildman–Crippen LogP) is 5.48. The van der Waals surface area contributed by atoms with Gasteiger partial charge in [0.25, 0.3) is 0 Å². The van der Waals surface area contributed by atoms with E-state index in [1.165, 1.54) is 5.56 Å². The summed E-state index contributed by atoms with van der Waals surface area (Å²) >= 11 is 16.0. The zero-order chi connectivity index (χ0) is 25.1. The molecule has 0 unspecified atom stereocenters. The molecule has 4 rings (SSSR count). The summed E-state index contributed by atoms with van der Waals surface area (Å²) in [7, 11) is 0. The Morgan fingerprint density at radius 3 is 1.44 bits per heavy atom. The van der Waals surface area contributed by atoms with Gasteiger partial charge in [0, 0.05) is 17.1 Å². The van der Waals surface area contributed by atoms with E-state index < -0.39 is 0 Å². The number of benzene rings is 2. The van der Waals surface area contributed by atoms with E-state index >= 15 is 0 Å². The minimum atomic E-state index is 0.000000000000000444. The molecule has 0 spiro atoms. The molecule has 178 valence electrons. The molecule has 2 heterocycles. The third-order valence-electron chi connectivity index (χ3n) is 3.97. The van der Waals surface area contributed by atoms with Gasteiger partial charge < -0.3 is 16.8 Å². The van der Waals surface area contributed by atoms with Crippen LogP contribution in [0.3, 0.4) is 0 Å². The van der Waals surface area contributed by atoms with Gasteiger partial charge in [0.1, 0.15) is 11.6 Å². The number of halogens is 3. The number of nitrogens with one attached hydrogen (secondary N) is 1. The summed E-state index contributed by atoms with van der Waals surface area (Å²) in [6.45, 7) is 5.86. The van der Waals surface area contributed by atoms with Crippen molar-refractivity contribution < 1.29 is 0 Å². The third-order valence-corrected chi connectivity index (χ3v) is 4.47. The second-order valence-corrected chi connectivity index (χ2v) is 7.75. The Morgan fingerprint density at radius 2 is 1.06 bits per heavy atom. The second-order valence-electron chi connectivity index (χ2n) is 6.74. The lowest BCUT2D eigenvalue weighted by molar-refractivity contribution is 0.928. The number of hydrogen-bond acceptors (Lipinski definition) is 9. The van der Waals surface area contributed by atoms with Gasteiger partial charge in [0.2, 0.25) is 21.8 Å². The van der Waals surface area contributed by atoms with Gasteiger partial charge in [-0.25, -0.2) is 4.98 Å². The molecule has 0 radical (unpaired) electrons. The summed E-state index contributed by atoms with van der Waals surface area (Å²) in [6, 6.07) is 15.4. The molecule has 34 heavy (non-hydrogen) atoms. The highest BCUT2D eigenvalue weighted by Gasteiger charge is 2.01. The Hall–Kier alpha value is -3.27. The van der Waals surface area contributed by atoms with Crippen molar-refractivity contribution in [3.05, 3.63) is 81.6 Å². The van der Waals surface area contributed by atoms with Crippen molar-refractivity contribution in [3.63, 3.8) is 0 Å². The van der Waals surface area contributed by atoms with E-state index in [-0.39, 0.29) is 15.9 Å². The number of rotatable bonds is 3. The van der Waals surface area contributed by atoms with Crippen LogP contribution in [0.2, 0.25) is 15.9 Å². The quantitative estimate of drug-likeness (QED) is 0.299. The lowest BCUT2D eigenvalue weighted by Gasteiger charge is -2.06. The van der Waals surface area contributed by atoms with E-state index in [1.807, 2.05) is 26.0 Å². The molecule has 12 heteroatoms. The summed E-state index contributed by atoms with van der Waals surface area (Å²) < 4.78 is 0. The summed E-state index contributed by atoms with van der Waals surface area (Å²) in [4.78, 5) is 23.0. The minimum Gasteiger partial charge on any atom is -0.399 e. The van der Waals surface area contributed by atoms with E-state index in [1.54, 1.807) is 24.3 Å². The fourth-order valence-corrected chi connectivity index (χ4v) is 3.03. The molecule has 4 aromatic rings. The normalized spacial score (nSPS) is 9.82. The highest BCUT2D eigenvalue weighted by Crippen LogP contribution is 2.14. The molecule has 0 atom stereocenters. The van der Waals surface area contributed by atoms with Crippen molar-refractivity contribution in [2.45, 2.75) is 27.2 Å². The van der Waals surface area contributed by atoms with Crippen molar-refractivity contribution >= 4 is 57.8 Å². The SMILES string of the molecule is CCc1ccc(Nc2nc(C)nc(C)n2)cc1.Clc1nc(Cl)nc(Cl)n1.Nc1ccc(N)cc1. The molecule has 0 saturated carbocycles. The van der Waals surface area contributed by atoms with Crippen LogP contribution in [0.1, 0.15) is 24.1 Å². The molecule has 0 aliphatic heterocycles. The maximum atomic E-state index is 5.37. The fraction of sp³-hybridized carbons (Fsp3) is 0.182. The number of nitrogens with two attached hydrogens (primary N) is 2. The van der Waals surface area contributed by atoms with Crippen molar-refractivity contribution in [1.29, 1.82) is 0 Å². The number of aryl methyl sites for hydroxylation is 3. The van der Waals surface area contributed by atoms with Gasteiger partial charge in [-0.2, -0.15) is 24.9 Å². The van der Waals surface area contributed by atoms with Gasteiger partial charge in [0.05, 0.1) is 0 Å². The first-order valence-electron chi connectivity index (χ1n) is 10.0. The van der Waals surface area contributed by atoms with E-state index in [4.69, 9.17) is 46.3 Å². The maximum absolute atomic E-state index is 5.37. The number of anilines is 4. The van der Waals surface area contributed by atoms with Crippen molar-refractivity contribution in [2.24, 2.45) is 0 Å². The third kappa shape index (κ3) is 10.1. The van der Waals surface area contributed by atoms with Gasteiger partial charge in [-0.3, -0.25) is 0 Å². The van der Waals surface area contributed by atoms with Crippen LogP contribution in [-0.4, -0.2) is 29.9 Å². The summed E-state index contributed by atoms with van der Waals surface area (Å²) in [6.07, 6.45) is 1.05. The molecule has 0 aliphatic rings. The molecule has 0 aliphatic carbocycles. The van der Waals surface area contributed by atoms with E-state index in [0.29, 0.717) is 5.95 Å². The Bertz CT molecular complexity index is 1100. The first kappa shape index (κ1) is 27.0. The van der Waals surface area contributed by atoms with Crippen LogP contribution in [0.5, 0.6) is 0 Å². The summed E-state index contributed by atoms with van der Waals surface area (Å²) in [5, 5.41) is 3.17. The first-order chi connectivity index (χ1) is 16.1. The van der Waals surface area contributed by atoms with Crippen molar-refractivity contribution in [1.82, 2.24) is 29.9 Å². The van der Waals surface area contributed by atoms with E-state index in [0.717, 1.165) is 35.1 Å². The first-order valence-corrected chi connectivity index (χ1v) is 11.2. The highest BCUT2D eigenvalue weighted by atomic mass is 35.5. The molecule has 9 nitrogen and oxygen atoms in total. The van der Waals surface area contributed by atoms with Gasteiger partial charge in [0.15, 0.2) is 0 Å². The minimum absolute atomic E-state index is 0.000000000000000444. The van der Waals surface area contributed by atoms with Crippen molar-refractivity contribution in [3.8, 4) is 0 Å². The largest absolute Gasteiger partial charge is 0.399 e. The Balaban J connectivity index is 0.000000201. The molecular formula is C22H24Cl3N9. The number of hydrogen-bond donors (Lipinski definition) is 3. The smallest absolute Gasteiger partial charge is 0.230 e. The van der Waals surface area contributed by atoms with Crippen LogP contribution in [0.4, 0.5) is 23.0 Å². The average Bonchev–Trinajstić information content (AvgIpc) is 2.76. The highest BCUT2D eigenvalue weighted by molar-refractivity contribution is 6.33. The maximum Gasteiger partial charge on any atom is 0.230 e. The predicted molar refractivity (Wildman–Crippen MR) is 139 cm³/mol. The zero-order valence-electron chi connectivity index (χ0n) is 18.8. The molecule has 0 fully saturated rings. The van der Waals surface area contributed by atoms with E-state index in [9.17, 15) is 0 Å². The van der Waals surface area contributed by atoms with Crippen molar-refractivity contribution in [2.75, 3.05) is 16.8 Å². The van der Waals surface area contributed by atoms with Crippen LogP contribution < -0.4 is 16.8 Å². The number of nitrogen functional groups attached to an aromatic ring is 2. The van der Waals surface area contributed by atoms with Crippen LogP contribution in [0.25, 0.3) is 0 Å². The Morgan fingerprint density at radius 1 is 0.647 bits per heavy atom. The standard InChI is InChI=1S/C13H16N4.C6H8N2.C3Cl3N3/c1-4-11-5-7-12(8-6-11)17-13-15-9(2)14-10(3)16-13;7-5-1-2-6(8)4-3-5;4-1-7-2(5)9-3(6)8-1/h5-8H,4H2,1-3H3,(H,14,15,16,17);1-4H,7-8H2;. The lowest BCUT2D eigenvalue weighted by atomic mass is 10.1. The monoisotopic (exact) mass is 519 g/mol. The van der Waals surface area contributed by atoms with Crippen LogP contribution in [0.15, 0.2) is 48.5 Å². The number of nitrogens with zero attached hydrogens (tertiary/aromatic N) is 6. The van der Waals surface area contributed by atoms with Crippen LogP contribution in [-0.2, 0) is 6.42 Å². The fourth-order valence-electron chi connectivity index (χ4n) is 2.42. The molecule has 5 N–H and O–H groups in total. The van der Waals surface area contributed by atoms with E-state index in [2.05, 4.69) is 54.3 Å². The average molecular weight is 521 g/mol. The van der Waals surface area contributed by atoms with Crippen LogP contribution >= 0.6 is 34.8 Å². The molecule has 0 bridgehead atoms. The topological polar surface area (TPSA) is 141 Å². The molecule has 0 amide bonds. The zero-order valence-corrected chi connectivity index (χ0v) is 21.1. The number of aromatic nitrogens is 6. The molecule has 2 aromatic heterocycles. The lowest BCUT2D eigenvalue weighted by Crippen LogP contribution is -2.02. The van der Waals surface area contributed by atoms with Gasteiger partial charge in [-0.1, -0.05) is 19.1 Å².